The third-order valence-corrected chi connectivity index (χ3v) is 3.97. The van der Waals surface area contributed by atoms with E-state index in [9.17, 15) is 0 Å². The zero-order valence-electron chi connectivity index (χ0n) is 11.5. The number of nitrogens with one attached hydrogen (secondary N) is 1. The van der Waals surface area contributed by atoms with Crippen LogP contribution in [0.3, 0.4) is 0 Å². The Morgan fingerprint density at radius 1 is 1.00 bits per heavy atom. The van der Waals surface area contributed by atoms with Crippen molar-refractivity contribution in [1.29, 1.82) is 0 Å². The third-order valence-electron chi connectivity index (χ3n) is 3.72. The minimum Gasteiger partial charge on any atom is -0.492 e. The molecule has 1 aromatic carbocycles. The van der Waals surface area contributed by atoms with Gasteiger partial charge in [0.1, 0.15) is 12.4 Å². The lowest BCUT2D eigenvalue weighted by Gasteiger charge is -2.21. The first-order valence-corrected chi connectivity index (χ1v) is 7.84. The number of ether oxygens (including phenoxy) is 1. The van der Waals surface area contributed by atoms with Gasteiger partial charge in [-0.25, -0.2) is 0 Å². The van der Waals surface area contributed by atoms with Gasteiger partial charge in [0.25, 0.3) is 0 Å². The normalized spacial score (nSPS) is 17.7. The molecule has 1 aliphatic carbocycles. The van der Waals surface area contributed by atoms with Crippen LogP contribution in [0.25, 0.3) is 0 Å². The molecule has 0 atom stereocenters. The second kappa shape index (κ2) is 8.44. The van der Waals surface area contributed by atoms with Gasteiger partial charge in [-0.1, -0.05) is 43.7 Å². The van der Waals surface area contributed by atoms with Crippen molar-refractivity contribution in [3.63, 3.8) is 0 Å². The molecule has 2 rings (SSSR count). The van der Waals surface area contributed by atoms with Gasteiger partial charge in [-0.2, -0.15) is 0 Å². The first-order chi connectivity index (χ1) is 9.34. The van der Waals surface area contributed by atoms with Gasteiger partial charge < -0.3 is 10.1 Å². The number of halogens is 1. The number of rotatable bonds is 5. The Morgan fingerprint density at radius 2 is 1.63 bits per heavy atom. The van der Waals surface area contributed by atoms with Crippen molar-refractivity contribution >= 4 is 11.6 Å². The molecule has 1 saturated carbocycles. The van der Waals surface area contributed by atoms with E-state index in [0.29, 0.717) is 6.04 Å². The second-order valence-corrected chi connectivity index (χ2v) is 5.73. The fourth-order valence-corrected chi connectivity index (χ4v) is 2.75. The molecule has 1 fully saturated rings. The average Bonchev–Trinajstić information content (AvgIpc) is 2.38. The van der Waals surface area contributed by atoms with Crippen LogP contribution in [-0.2, 0) is 0 Å². The first-order valence-electron chi connectivity index (χ1n) is 7.46. The van der Waals surface area contributed by atoms with E-state index in [-0.39, 0.29) is 0 Å². The summed E-state index contributed by atoms with van der Waals surface area (Å²) in [5, 5.41) is 4.37. The third kappa shape index (κ3) is 5.84. The molecule has 1 N–H and O–H groups in total. The zero-order chi connectivity index (χ0) is 13.3. The van der Waals surface area contributed by atoms with Crippen LogP contribution < -0.4 is 10.1 Å². The summed E-state index contributed by atoms with van der Waals surface area (Å²) >= 11 is 5.84. The van der Waals surface area contributed by atoms with Crippen LogP contribution in [-0.4, -0.2) is 19.2 Å². The molecule has 0 amide bonds. The maximum atomic E-state index is 5.84. The van der Waals surface area contributed by atoms with Crippen molar-refractivity contribution in [2.45, 2.75) is 51.0 Å². The summed E-state index contributed by atoms with van der Waals surface area (Å²) in [5.74, 6) is 0.892. The lowest BCUT2D eigenvalue weighted by Crippen LogP contribution is -2.33. The van der Waals surface area contributed by atoms with Crippen LogP contribution in [0.15, 0.2) is 24.3 Å². The van der Waals surface area contributed by atoms with Crippen LogP contribution in [0, 0.1) is 0 Å². The highest BCUT2D eigenvalue weighted by molar-refractivity contribution is 6.30. The van der Waals surface area contributed by atoms with Gasteiger partial charge in [0.05, 0.1) is 0 Å². The summed E-state index contributed by atoms with van der Waals surface area (Å²) in [4.78, 5) is 0. The van der Waals surface area contributed by atoms with E-state index in [1.165, 1.54) is 44.9 Å². The zero-order valence-corrected chi connectivity index (χ0v) is 12.3. The van der Waals surface area contributed by atoms with E-state index in [1.807, 2.05) is 24.3 Å². The largest absolute Gasteiger partial charge is 0.492 e. The fourth-order valence-electron chi connectivity index (χ4n) is 2.62. The fraction of sp³-hybridized carbons (Fsp3) is 0.625. The van der Waals surface area contributed by atoms with E-state index in [1.54, 1.807) is 0 Å². The van der Waals surface area contributed by atoms with Crippen molar-refractivity contribution in [1.82, 2.24) is 5.32 Å². The minimum atomic E-state index is 0.689. The molecule has 1 aliphatic rings. The van der Waals surface area contributed by atoms with Gasteiger partial charge in [0, 0.05) is 17.6 Å². The molecule has 106 valence electrons. The molecule has 0 saturated heterocycles. The van der Waals surface area contributed by atoms with Crippen molar-refractivity contribution in [2.75, 3.05) is 13.2 Å². The second-order valence-electron chi connectivity index (χ2n) is 5.30. The van der Waals surface area contributed by atoms with Crippen molar-refractivity contribution < 1.29 is 4.74 Å². The Hall–Kier alpha value is -0.730. The van der Waals surface area contributed by atoms with Crippen molar-refractivity contribution in [3.8, 4) is 5.75 Å². The van der Waals surface area contributed by atoms with Crippen LogP contribution >= 0.6 is 11.6 Å². The Bertz CT molecular complexity index is 344. The van der Waals surface area contributed by atoms with Crippen LogP contribution in [0.1, 0.15) is 44.9 Å². The SMILES string of the molecule is Clc1ccc(OCCNC2CCCCCCC2)cc1. The van der Waals surface area contributed by atoms with Gasteiger partial charge in [-0.3, -0.25) is 0 Å². The molecule has 0 bridgehead atoms. The standard InChI is InChI=1S/C16H24ClNO/c17-14-8-10-16(11-9-14)19-13-12-18-15-6-4-2-1-3-5-7-15/h8-11,15,18H,1-7,12-13H2. The Kier molecular flexibility index (Phi) is 6.52. The van der Waals surface area contributed by atoms with E-state index < -0.39 is 0 Å². The molecule has 1 aromatic rings. The van der Waals surface area contributed by atoms with Crippen LogP contribution in [0.5, 0.6) is 5.75 Å². The smallest absolute Gasteiger partial charge is 0.119 e. The van der Waals surface area contributed by atoms with Crippen LogP contribution in [0.4, 0.5) is 0 Å². The molecule has 0 aliphatic heterocycles. The topological polar surface area (TPSA) is 21.3 Å². The van der Waals surface area contributed by atoms with Crippen molar-refractivity contribution in [2.24, 2.45) is 0 Å². The van der Waals surface area contributed by atoms with E-state index in [0.717, 1.165) is 23.9 Å². The van der Waals surface area contributed by atoms with E-state index >= 15 is 0 Å². The quantitative estimate of drug-likeness (QED) is 0.807. The molecule has 0 aromatic heterocycles. The maximum Gasteiger partial charge on any atom is 0.119 e. The summed E-state index contributed by atoms with van der Waals surface area (Å²) in [6.45, 7) is 1.64. The average molecular weight is 282 g/mol. The van der Waals surface area contributed by atoms with Gasteiger partial charge >= 0.3 is 0 Å². The molecule has 19 heavy (non-hydrogen) atoms. The van der Waals surface area contributed by atoms with Gasteiger partial charge in [-0.15, -0.1) is 0 Å². The summed E-state index contributed by atoms with van der Waals surface area (Å²) in [6, 6.07) is 8.24. The maximum absolute atomic E-state index is 5.84. The minimum absolute atomic E-state index is 0.689. The highest BCUT2D eigenvalue weighted by atomic mass is 35.5. The first kappa shape index (κ1) is 14.7. The molecule has 0 radical (unpaired) electrons. The summed E-state index contributed by atoms with van der Waals surface area (Å²) < 4.78 is 5.69. The number of hydrogen-bond acceptors (Lipinski definition) is 2. The monoisotopic (exact) mass is 281 g/mol. The predicted molar refractivity (Wildman–Crippen MR) is 81.1 cm³/mol. The van der Waals surface area contributed by atoms with E-state index in [4.69, 9.17) is 16.3 Å². The number of benzene rings is 1. The van der Waals surface area contributed by atoms with Crippen molar-refractivity contribution in [3.05, 3.63) is 29.3 Å². The molecule has 3 heteroatoms. The molecule has 0 unspecified atom stereocenters. The molecular weight excluding hydrogens is 258 g/mol. The lowest BCUT2D eigenvalue weighted by molar-refractivity contribution is 0.293. The van der Waals surface area contributed by atoms with Gasteiger partial charge in [0.15, 0.2) is 0 Å². The Balaban J connectivity index is 1.61. The summed E-state index contributed by atoms with van der Waals surface area (Å²) in [5.41, 5.74) is 0. The lowest BCUT2D eigenvalue weighted by atomic mass is 9.97. The van der Waals surface area contributed by atoms with Gasteiger partial charge in [0.2, 0.25) is 0 Å². The predicted octanol–water partition coefficient (Wildman–Crippen LogP) is 4.42. The summed E-state index contributed by atoms with van der Waals surface area (Å²) in [6.07, 6.45) is 9.61. The Labute approximate surface area is 121 Å². The molecular formula is C16H24ClNO. The summed E-state index contributed by atoms with van der Waals surface area (Å²) in [7, 11) is 0. The number of hydrogen-bond donors (Lipinski definition) is 1. The highest BCUT2D eigenvalue weighted by Crippen LogP contribution is 2.17. The molecule has 2 nitrogen and oxygen atoms in total. The van der Waals surface area contributed by atoms with E-state index in [2.05, 4.69) is 5.32 Å². The molecule has 0 spiro atoms. The Morgan fingerprint density at radius 3 is 2.32 bits per heavy atom. The highest BCUT2D eigenvalue weighted by Gasteiger charge is 2.10. The van der Waals surface area contributed by atoms with Crippen LogP contribution in [0.2, 0.25) is 5.02 Å². The van der Waals surface area contributed by atoms with Gasteiger partial charge in [-0.05, 0) is 37.1 Å². The molecule has 0 heterocycles.